The number of furan rings is 1. The molecular formula is C66H55BN2O. The van der Waals surface area contributed by atoms with E-state index in [1.54, 1.807) is 0 Å². The zero-order valence-corrected chi connectivity index (χ0v) is 40.9. The SMILES string of the molecule is CC1(C)CCC(C)(C)c2cc(Nc3c(-c4c5c(cc6c4oc4ccccc46)N4c6ccccc6C(c6ccccc6)(c6ccccc6)c6cccc(c64)B5)ccc4c3C(C)(C)c3ccccc3-4)ccc21. The smallest absolute Gasteiger partial charge is 0.198 e. The molecule has 70 heavy (non-hydrogen) atoms. The first kappa shape index (κ1) is 41.4. The van der Waals surface area contributed by atoms with Crippen molar-refractivity contribution < 1.29 is 4.42 Å². The molecule has 2 aliphatic carbocycles. The molecule has 0 spiro atoms. The van der Waals surface area contributed by atoms with Crippen LogP contribution in [0.4, 0.5) is 28.4 Å². The molecule has 14 rings (SSSR count). The second-order valence-electron chi connectivity index (χ2n) is 22.3. The molecule has 0 amide bonds. The van der Waals surface area contributed by atoms with Crippen LogP contribution < -0.4 is 21.1 Å². The van der Waals surface area contributed by atoms with Gasteiger partial charge in [0.15, 0.2) is 7.28 Å². The Kier molecular flexibility index (Phi) is 8.58. The third kappa shape index (κ3) is 5.53. The molecule has 0 unspecified atom stereocenters. The van der Waals surface area contributed by atoms with Crippen molar-refractivity contribution in [3.63, 3.8) is 0 Å². The van der Waals surface area contributed by atoms with Crippen LogP contribution in [0.1, 0.15) is 98.9 Å². The number of benzene rings is 9. The first-order valence-electron chi connectivity index (χ1n) is 25.3. The normalized spacial score (nSPS) is 16.9. The number of fused-ring (bicyclic) bond motifs is 11. The highest BCUT2D eigenvalue weighted by Crippen LogP contribution is 2.60. The van der Waals surface area contributed by atoms with Crippen molar-refractivity contribution in [3.8, 4) is 22.3 Å². The molecule has 4 heteroatoms. The van der Waals surface area contributed by atoms with Gasteiger partial charge in [-0.2, -0.15) is 0 Å². The van der Waals surface area contributed by atoms with E-state index in [0.717, 1.165) is 58.1 Å². The maximum absolute atomic E-state index is 7.23. The van der Waals surface area contributed by atoms with Gasteiger partial charge in [-0.1, -0.05) is 205 Å². The lowest BCUT2D eigenvalue weighted by atomic mass is 9.54. The number of anilines is 5. The van der Waals surface area contributed by atoms with Gasteiger partial charge in [0.25, 0.3) is 0 Å². The molecule has 0 radical (unpaired) electrons. The number of para-hydroxylation sites is 3. The van der Waals surface area contributed by atoms with Gasteiger partial charge in [0, 0.05) is 44.4 Å². The van der Waals surface area contributed by atoms with Crippen molar-refractivity contribution in [2.75, 3.05) is 10.2 Å². The summed E-state index contributed by atoms with van der Waals surface area (Å²) in [6.07, 6.45) is 2.34. The Morgan fingerprint density at radius 3 is 1.91 bits per heavy atom. The Hall–Kier alpha value is -7.56. The van der Waals surface area contributed by atoms with Crippen molar-refractivity contribution in [2.24, 2.45) is 0 Å². The van der Waals surface area contributed by atoms with Crippen LogP contribution in [0, 0.1) is 0 Å². The second kappa shape index (κ2) is 14.5. The minimum absolute atomic E-state index is 0.0635. The fourth-order valence-corrected chi connectivity index (χ4v) is 13.7. The van der Waals surface area contributed by atoms with Crippen LogP contribution in [-0.2, 0) is 21.7 Å². The Labute approximate surface area is 412 Å². The fraction of sp³-hybridized carbons (Fsp3) is 0.182. The molecule has 10 aromatic rings. The van der Waals surface area contributed by atoms with E-state index in [4.69, 9.17) is 4.42 Å². The molecule has 1 aromatic heterocycles. The third-order valence-electron chi connectivity index (χ3n) is 17.2. The van der Waals surface area contributed by atoms with Crippen molar-refractivity contribution >= 4 is 68.6 Å². The van der Waals surface area contributed by atoms with Gasteiger partial charge in [0.2, 0.25) is 0 Å². The highest BCUT2D eigenvalue weighted by Gasteiger charge is 2.49. The standard InChI is InChI=1S/C66H55BN2O/c1-63(2)36-37-64(3,4)52-38-42(32-35-49(52)63)68-60-46(34-33-45-43-24-13-15-26-48(43)65(5,6)58(45)60)57-59-55(39-47-44-25-14-18-31-56(44)70-62(47)57)69-54-30-17-16-27-50(54)66(40-20-9-7-10-21-40,41-22-11-8-12-23-41)51-28-19-29-53(67-59)61(51)69/h7-35,38-39,67-68H,36-37H2,1-6H3. The molecule has 3 nitrogen and oxygen atoms in total. The average Bonchev–Trinajstić information content (AvgIpc) is 3.87. The van der Waals surface area contributed by atoms with Gasteiger partial charge in [-0.3, -0.25) is 0 Å². The Bertz CT molecular complexity index is 3780. The molecule has 9 aromatic carbocycles. The summed E-state index contributed by atoms with van der Waals surface area (Å²) in [5.41, 5.74) is 25.2. The predicted octanol–water partition coefficient (Wildman–Crippen LogP) is 15.5. The van der Waals surface area contributed by atoms with Crippen molar-refractivity contribution in [1.82, 2.24) is 0 Å². The maximum atomic E-state index is 7.23. The van der Waals surface area contributed by atoms with Crippen LogP contribution in [0.2, 0.25) is 0 Å². The van der Waals surface area contributed by atoms with Gasteiger partial charge in [0.05, 0.1) is 16.8 Å². The first-order chi connectivity index (χ1) is 34.0. The van der Waals surface area contributed by atoms with Gasteiger partial charge >= 0.3 is 0 Å². The molecule has 0 bridgehead atoms. The predicted molar refractivity (Wildman–Crippen MR) is 295 cm³/mol. The molecule has 1 N–H and O–H groups in total. The van der Waals surface area contributed by atoms with Gasteiger partial charge in [-0.15, -0.1) is 0 Å². The maximum Gasteiger partial charge on any atom is 0.198 e. The van der Waals surface area contributed by atoms with Gasteiger partial charge in [-0.25, -0.2) is 0 Å². The van der Waals surface area contributed by atoms with Crippen LogP contribution in [0.15, 0.2) is 192 Å². The lowest BCUT2D eigenvalue weighted by Crippen LogP contribution is -2.47. The minimum Gasteiger partial charge on any atom is -0.455 e. The first-order valence-corrected chi connectivity index (χ1v) is 25.3. The monoisotopic (exact) mass is 902 g/mol. The minimum atomic E-state index is -0.552. The number of hydrogen-bond acceptors (Lipinski definition) is 3. The van der Waals surface area contributed by atoms with E-state index in [1.165, 1.54) is 90.0 Å². The summed E-state index contributed by atoms with van der Waals surface area (Å²) in [6.45, 7) is 14.5. The number of hydrogen-bond donors (Lipinski definition) is 1. The Morgan fingerprint density at radius 1 is 0.500 bits per heavy atom. The molecule has 2 aliphatic heterocycles. The third-order valence-corrected chi connectivity index (χ3v) is 17.2. The van der Waals surface area contributed by atoms with Crippen LogP contribution in [-0.4, -0.2) is 7.28 Å². The van der Waals surface area contributed by atoms with E-state index in [2.05, 4.69) is 240 Å². The zero-order chi connectivity index (χ0) is 47.3. The average molecular weight is 903 g/mol. The molecular weight excluding hydrogens is 848 g/mol. The quantitative estimate of drug-likeness (QED) is 0.174. The van der Waals surface area contributed by atoms with E-state index in [9.17, 15) is 0 Å². The van der Waals surface area contributed by atoms with Crippen LogP contribution in [0.3, 0.4) is 0 Å². The Balaban J connectivity index is 1.08. The van der Waals surface area contributed by atoms with Crippen molar-refractivity contribution in [3.05, 3.63) is 233 Å². The molecule has 0 fully saturated rings. The highest BCUT2D eigenvalue weighted by atomic mass is 16.3. The number of rotatable bonds is 5. The van der Waals surface area contributed by atoms with E-state index in [-0.39, 0.29) is 16.2 Å². The molecule has 4 aliphatic rings. The zero-order valence-electron chi connectivity index (χ0n) is 40.9. The van der Waals surface area contributed by atoms with Crippen LogP contribution >= 0.6 is 0 Å². The van der Waals surface area contributed by atoms with E-state index < -0.39 is 5.41 Å². The topological polar surface area (TPSA) is 28.4 Å². The van der Waals surface area contributed by atoms with Gasteiger partial charge in [0.1, 0.15) is 11.2 Å². The van der Waals surface area contributed by atoms with Gasteiger partial charge < -0.3 is 14.6 Å². The summed E-state index contributed by atoms with van der Waals surface area (Å²) in [4.78, 5) is 2.61. The van der Waals surface area contributed by atoms with Crippen LogP contribution in [0.5, 0.6) is 0 Å². The number of nitrogens with one attached hydrogen (secondary N) is 1. The van der Waals surface area contributed by atoms with E-state index >= 15 is 0 Å². The summed E-state index contributed by atoms with van der Waals surface area (Å²) in [7, 11) is 0.738. The summed E-state index contributed by atoms with van der Waals surface area (Å²) < 4.78 is 7.23. The molecule has 0 atom stereocenters. The van der Waals surface area contributed by atoms with Gasteiger partial charge in [-0.05, 0) is 115 Å². The Morgan fingerprint density at radius 2 is 1.14 bits per heavy atom. The summed E-state index contributed by atoms with van der Waals surface area (Å²) >= 11 is 0. The van der Waals surface area contributed by atoms with Crippen molar-refractivity contribution in [2.45, 2.75) is 76.0 Å². The second-order valence-corrected chi connectivity index (χ2v) is 22.3. The van der Waals surface area contributed by atoms with Crippen molar-refractivity contribution in [1.29, 1.82) is 0 Å². The molecule has 338 valence electrons. The van der Waals surface area contributed by atoms with E-state index in [1.807, 2.05) is 0 Å². The largest absolute Gasteiger partial charge is 0.455 e. The fourth-order valence-electron chi connectivity index (χ4n) is 13.7. The highest BCUT2D eigenvalue weighted by molar-refractivity contribution is 6.74. The van der Waals surface area contributed by atoms with E-state index in [0.29, 0.717) is 0 Å². The number of nitrogens with zero attached hydrogens (tertiary/aromatic N) is 1. The molecule has 0 saturated heterocycles. The summed E-state index contributed by atoms with van der Waals surface area (Å²) in [5.74, 6) is 0. The summed E-state index contributed by atoms with van der Waals surface area (Å²) in [6, 6.07) is 70.7. The lowest BCUT2D eigenvalue weighted by Gasteiger charge is -2.49. The molecule has 3 heterocycles. The summed E-state index contributed by atoms with van der Waals surface area (Å²) in [5, 5.41) is 6.50. The lowest BCUT2D eigenvalue weighted by molar-refractivity contribution is 0.332. The molecule has 0 saturated carbocycles. The van der Waals surface area contributed by atoms with Crippen LogP contribution in [0.25, 0.3) is 44.2 Å².